The second kappa shape index (κ2) is 8.59. The van der Waals surface area contributed by atoms with Gasteiger partial charge in [-0.05, 0) is 48.9 Å². The number of ether oxygens (including phenoxy) is 1. The molecule has 124 valence electrons. The van der Waals surface area contributed by atoms with Crippen molar-refractivity contribution in [3.05, 3.63) is 59.7 Å². The summed E-state index contributed by atoms with van der Waals surface area (Å²) in [6.07, 6.45) is 0.340. The maximum absolute atomic E-state index is 11.1. The molecule has 0 spiro atoms. The number of benzene rings is 2. The Kier molecular flexibility index (Phi) is 6.21. The second-order valence-corrected chi connectivity index (χ2v) is 5.40. The van der Waals surface area contributed by atoms with Gasteiger partial charge in [0.15, 0.2) is 0 Å². The van der Waals surface area contributed by atoms with E-state index in [1.807, 2.05) is 48.5 Å². The van der Waals surface area contributed by atoms with Gasteiger partial charge in [-0.3, -0.25) is 4.79 Å². The molecule has 24 heavy (non-hydrogen) atoms. The number of amides is 1. The van der Waals surface area contributed by atoms with E-state index in [-0.39, 0.29) is 11.9 Å². The normalized spacial score (nSPS) is 11.2. The lowest BCUT2D eigenvalue weighted by Gasteiger charge is -2.16. The van der Waals surface area contributed by atoms with Crippen LogP contribution in [-0.2, 0) is 4.79 Å². The summed E-state index contributed by atoms with van der Waals surface area (Å²) in [7, 11) is 1.61. The van der Waals surface area contributed by atoms with Crippen LogP contribution in [0.3, 0.4) is 0 Å². The highest BCUT2D eigenvalue weighted by atomic mass is 16.5. The quantitative estimate of drug-likeness (QED) is 0.820. The third-order valence-corrected chi connectivity index (χ3v) is 3.65. The smallest absolute Gasteiger partial charge is 0.223 e. The molecule has 5 heteroatoms. The van der Waals surface area contributed by atoms with Gasteiger partial charge in [0.05, 0.1) is 24.7 Å². The zero-order chi connectivity index (χ0) is 17.4. The molecule has 0 aliphatic rings. The predicted octanol–water partition coefficient (Wildman–Crippen LogP) is 3.25. The van der Waals surface area contributed by atoms with Gasteiger partial charge in [0.2, 0.25) is 5.91 Å². The first-order chi connectivity index (χ1) is 11.6. The van der Waals surface area contributed by atoms with Crippen LogP contribution in [0.4, 0.5) is 5.69 Å². The molecule has 2 rings (SSSR count). The molecular weight excluding hydrogens is 302 g/mol. The van der Waals surface area contributed by atoms with E-state index in [1.54, 1.807) is 7.05 Å². The molecule has 0 heterocycles. The highest BCUT2D eigenvalue weighted by Gasteiger charge is 2.06. The van der Waals surface area contributed by atoms with Gasteiger partial charge in [0.25, 0.3) is 0 Å². The first-order valence-corrected chi connectivity index (χ1v) is 7.82. The molecule has 2 N–H and O–H groups in total. The SMILES string of the molecule is CNC(=O)CCOc1ccc(N[C@H](C)c2ccc(C#N)cc2)cc1. The number of carbonyl (C=O) groups is 1. The molecule has 0 fully saturated rings. The van der Waals surface area contributed by atoms with Crippen LogP contribution in [0.1, 0.15) is 30.5 Å². The number of anilines is 1. The number of carbonyl (C=O) groups excluding carboxylic acids is 1. The van der Waals surface area contributed by atoms with Gasteiger partial charge in [0.1, 0.15) is 5.75 Å². The Morgan fingerprint density at radius 3 is 2.42 bits per heavy atom. The van der Waals surface area contributed by atoms with Gasteiger partial charge in [0, 0.05) is 18.8 Å². The van der Waals surface area contributed by atoms with E-state index in [0.717, 1.165) is 17.0 Å². The molecule has 0 radical (unpaired) electrons. The zero-order valence-electron chi connectivity index (χ0n) is 13.9. The minimum Gasteiger partial charge on any atom is -0.493 e. The van der Waals surface area contributed by atoms with Crippen molar-refractivity contribution in [1.29, 1.82) is 5.26 Å². The van der Waals surface area contributed by atoms with Crippen molar-refractivity contribution in [2.24, 2.45) is 0 Å². The number of nitrogens with one attached hydrogen (secondary N) is 2. The first kappa shape index (κ1) is 17.4. The van der Waals surface area contributed by atoms with E-state index in [4.69, 9.17) is 10.00 Å². The standard InChI is InChI=1S/C19H21N3O2/c1-14(16-5-3-15(13-20)4-6-16)22-17-7-9-18(10-8-17)24-12-11-19(23)21-2/h3-10,14,22H,11-12H2,1-2H3,(H,21,23)/t14-/m1/s1. The van der Waals surface area contributed by atoms with Gasteiger partial charge in [-0.25, -0.2) is 0 Å². The lowest BCUT2D eigenvalue weighted by Crippen LogP contribution is -2.20. The number of nitrogens with zero attached hydrogens (tertiary/aromatic N) is 1. The predicted molar refractivity (Wildman–Crippen MR) is 93.8 cm³/mol. The van der Waals surface area contributed by atoms with Crippen molar-refractivity contribution < 1.29 is 9.53 Å². The van der Waals surface area contributed by atoms with Crippen LogP contribution in [0.15, 0.2) is 48.5 Å². The molecule has 0 saturated heterocycles. The van der Waals surface area contributed by atoms with Crippen molar-refractivity contribution in [2.75, 3.05) is 19.0 Å². The number of hydrogen-bond donors (Lipinski definition) is 2. The summed E-state index contributed by atoms with van der Waals surface area (Å²) in [5.41, 5.74) is 2.75. The van der Waals surface area contributed by atoms with Crippen molar-refractivity contribution in [3.63, 3.8) is 0 Å². The Hall–Kier alpha value is -3.00. The summed E-state index contributed by atoms with van der Waals surface area (Å²) < 4.78 is 5.53. The van der Waals surface area contributed by atoms with Gasteiger partial charge in [-0.1, -0.05) is 12.1 Å². The fourth-order valence-electron chi connectivity index (χ4n) is 2.21. The number of hydrogen-bond acceptors (Lipinski definition) is 4. The van der Waals surface area contributed by atoms with Crippen molar-refractivity contribution in [2.45, 2.75) is 19.4 Å². The van der Waals surface area contributed by atoms with E-state index in [1.165, 1.54) is 0 Å². The average Bonchev–Trinajstić information content (AvgIpc) is 2.63. The Morgan fingerprint density at radius 2 is 1.83 bits per heavy atom. The fourth-order valence-corrected chi connectivity index (χ4v) is 2.21. The zero-order valence-corrected chi connectivity index (χ0v) is 13.9. The van der Waals surface area contributed by atoms with Crippen LogP contribution < -0.4 is 15.4 Å². The minimum absolute atomic E-state index is 0.0375. The topological polar surface area (TPSA) is 74.2 Å². The summed E-state index contributed by atoms with van der Waals surface area (Å²) in [4.78, 5) is 11.1. The molecule has 5 nitrogen and oxygen atoms in total. The monoisotopic (exact) mass is 323 g/mol. The molecule has 0 saturated carbocycles. The maximum atomic E-state index is 11.1. The molecule has 1 atom stereocenters. The molecule has 0 aromatic heterocycles. The highest BCUT2D eigenvalue weighted by molar-refractivity contribution is 5.75. The van der Waals surface area contributed by atoms with Crippen molar-refractivity contribution in [1.82, 2.24) is 5.32 Å². The van der Waals surface area contributed by atoms with Gasteiger partial charge in [-0.2, -0.15) is 5.26 Å². The third kappa shape index (κ3) is 5.03. The van der Waals surface area contributed by atoms with E-state index in [0.29, 0.717) is 18.6 Å². The van der Waals surface area contributed by atoms with Crippen molar-refractivity contribution >= 4 is 11.6 Å². The van der Waals surface area contributed by atoms with Crippen LogP contribution in [0, 0.1) is 11.3 Å². The minimum atomic E-state index is -0.0375. The summed E-state index contributed by atoms with van der Waals surface area (Å²) in [5, 5.41) is 14.8. The van der Waals surface area contributed by atoms with E-state index in [9.17, 15) is 4.79 Å². The van der Waals surface area contributed by atoms with Crippen LogP contribution in [0.25, 0.3) is 0 Å². The Balaban J connectivity index is 1.88. The lowest BCUT2D eigenvalue weighted by molar-refractivity contribution is -0.121. The summed E-state index contributed by atoms with van der Waals surface area (Å²) in [5.74, 6) is 0.694. The number of rotatable bonds is 7. The van der Waals surface area contributed by atoms with Gasteiger partial charge in [-0.15, -0.1) is 0 Å². The largest absolute Gasteiger partial charge is 0.493 e. The lowest BCUT2D eigenvalue weighted by atomic mass is 10.1. The molecule has 0 bridgehead atoms. The molecule has 1 amide bonds. The van der Waals surface area contributed by atoms with Crippen LogP contribution in [0.2, 0.25) is 0 Å². The Morgan fingerprint density at radius 1 is 1.17 bits per heavy atom. The molecule has 0 unspecified atom stereocenters. The van der Waals surface area contributed by atoms with E-state index in [2.05, 4.69) is 23.6 Å². The van der Waals surface area contributed by atoms with E-state index >= 15 is 0 Å². The summed E-state index contributed by atoms with van der Waals surface area (Å²) in [6, 6.07) is 17.4. The summed E-state index contributed by atoms with van der Waals surface area (Å²) >= 11 is 0. The maximum Gasteiger partial charge on any atom is 0.223 e. The molecular formula is C19H21N3O2. The van der Waals surface area contributed by atoms with Crippen LogP contribution in [-0.4, -0.2) is 19.6 Å². The molecule has 0 aliphatic carbocycles. The van der Waals surface area contributed by atoms with Crippen LogP contribution in [0.5, 0.6) is 5.75 Å². The summed E-state index contributed by atoms with van der Waals surface area (Å²) in [6.45, 7) is 2.42. The van der Waals surface area contributed by atoms with E-state index < -0.39 is 0 Å². The Labute approximate surface area is 142 Å². The molecule has 2 aromatic rings. The Bertz CT molecular complexity index is 703. The average molecular weight is 323 g/mol. The van der Waals surface area contributed by atoms with Gasteiger partial charge >= 0.3 is 0 Å². The number of nitriles is 1. The van der Waals surface area contributed by atoms with Crippen LogP contribution >= 0.6 is 0 Å². The second-order valence-electron chi connectivity index (χ2n) is 5.40. The van der Waals surface area contributed by atoms with Crippen molar-refractivity contribution in [3.8, 4) is 11.8 Å². The highest BCUT2D eigenvalue weighted by Crippen LogP contribution is 2.22. The molecule has 0 aliphatic heterocycles. The fraction of sp³-hybridized carbons (Fsp3) is 0.263. The molecule has 2 aromatic carbocycles. The third-order valence-electron chi connectivity index (χ3n) is 3.65. The first-order valence-electron chi connectivity index (χ1n) is 7.82. The van der Waals surface area contributed by atoms with Gasteiger partial charge < -0.3 is 15.4 Å².